The van der Waals surface area contributed by atoms with Crippen LogP contribution in [0.3, 0.4) is 0 Å². The number of halogens is 2. The first-order chi connectivity index (χ1) is 8.46. The minimum Gasteiger partial charge on any atom is -0.493 e. The van der Waals surface area contributed by atoms with Gasteiger partial charge < -0.3 is 4.74 Å². The average Bonchev–Trinajstić information content (AvgIpc) is 2.34. The molecule has 4 heteroatoms. The fourth-order valence-corrected chi connectivity index (χ4v) is 1.70. The van der Waals surface area contributed by atoms with Crippen LogP contribution in [-0.2, 0) is 5.88 Å². The molecule has 0 N–H and O–H groups in total. The quantitative estimate of drug-likeness (QED) is 0.571. The Labute approximate surface area is 112 Å². The van der Waals surface area contributed by atoms with E-state index >= 15 is 0 Å². The molecule has 0 aromatic heterocycles. The fraction of sp³-hybridized carbons (Fsp3) is 0.500. The maximum atomic E-state index is 13.2. The van der Waals surface area contributed by atoms with Gasteiger partial charge in [0.25, 0.3) is 0 Å². The number of ether oxygens (including phenoxy) is 1. The zero-order valence-electron chi connectivity index (χ0n) is 10.7. The Bertz CT molecular complexity index is 440. The second-order valence-corrected chi connectivity index (χ2v) is 5.14. The summed E-state index contributed by atoms with van der Waals surface area (Å²) < 4.78 is 18.6. The second-order valence-electron chi connectivity index (χ2n) is 4.88. The molecule has 0 aliphatic carbocycles. The smallest absolute Gasteiger partial charge is 0.127 e. The molecule has 0 fully saturated rings. The molecule has 0 unspecified atom stereocenters. The van der Waals surface area contributed by atoms with E-state index in [-0.39, 0.29) is 17.1 Å². The number of rotatable bonds is 6. The molecule has 18 heavy (non-hydrogen) atoms. The van der Waals surface area contributed by atoms with Gasteiger partial charge in [-0.2, -0.15) is 5.26 Å². The van der Waals surface area contributed by atoms with Gasteiger partial charge in [0, 0.05) is 11.9 Å². The third kappa shape index (κ3) is 4.93. The highest BCUT2D eigenvalue weighted by molar-refractivity contribution is 6.17. The van der Waals surface area contributed by atoms with Gasteiger partial charge in [0.1, 0.15) is 11.6 Å². The third-order valence-electron chi connectivity index (χ3n) is 2.60. The van der Waals surface area contributed by atoms with E-state index in [9.17, 15) is 4.39 Å². The Hall–Kier alpha value is -1.27. The lowest BCUT2D eigenvalue weighted by Gasteiger charge is -2.15. The largest absolute Gasteiger partial charge is 0.493 e. The van der Waals surface area contributed by atoms with Crippen molar-refractivity contribution in [1.82, 2.24) is 0 Å². The van der Waals surface area contributed by atoms with Gasteiger partial charge in [0.15, 0.2) is 0 Å². The monoisotopic (exact) mass is 269 g/mol. The van der Waals surface area contributed by atoms with E-state index in [4.69, 9.17) is 21.6 Å². The van der Waals surface area contributed by atoms with Crippen molar-refractivity contribution in [3.05, 3.63) is 29.6 Å². The Kier molecular flexibility index (Phi) is 5.43. The summed E-state index contributed by atoms with van der Waals surface area (Å²) in [6.45, 7) is 4.25. The van der Waals surface area contributed by atoms with Gasteiger partial charge in [-0.15, -0.1) is 11.6 Å². The van der Waals surface area contributed by atoms with Crippen LogP contribution in [0.4, 0.5) is 4.39 Å². The molecule has 0 atom stereocenters. The van der Waals surface area contributed by atoms with E-state index in [2.05, 4.69) is 6.07 Å². The number of nitrogens with zero attached hydrogens (tertiary/aromatic N) is 1. The molecule has 0 aliphatic rings. The summed E-state index contributed by atoms with van der Waals surface area (Å²) in [5.41, 5.74) is 0.357. The molecule has 2 nitrogen and oxygen atoms in total. The molecule has 0 saturated carbocycles. The lowest BCUT2D eigenvalue weighted by molar-refractivity contribution is 0.283. The first-order valence-electron chi connectivity index (χ1n) is 5.86. The molecule has 1 rings (SSSR count). The van der Waals surface area contributed by atoms with Crippen LogP contribution in [0.15, 0.2) is 18.2 Å². The zero-order valence-corrected chi connectivity index (χ0v) is 11.4. The number of benzene rings is 1. The molecule has 0 bridgehead atoms. The maximum Gasteiger partial charge on any atom is 0.127 e. The second kappa shape index (κ2) is 6.61. The highest BCUT2D eigenvalue weighted by Crippen LogP contribution is 2.22. The van der Waals surface area contributed by atoms with Crippen LogP contribution < -0.4 is 4.74 Å². The molecule has 0 saturated heterocycles. The minimum atomic E-state index is -0.347. The first-order valence-corrected chi connectivity index (χ1v) is 6.40. The van der Waals surface area contributed by atoms with Gasteiger partial charge in [-0.3, -0.25) is 0 Å². The molecule has 1 aromatic carbocycles. The lowest BCUT2D eigenvalue weighted by Crippen LogP contribution is -2.10. The molecular weight excluding hydrogens is 253 g/mol. The predicted octanol–water partition coefficient (Wildman–Crippen LogP) is 4.27. The fourth-order valence-electron chi connectivity index (χ4n) is 1.54. The highest BCUT2D eigenvalue weighted by Gasteiger charge is 2.15. The normalized spacial score (nSPS) is 11.1. The van der Waals surface area contributed by atoms with Crippen molar-refractivity contribution in [1.29, 1.82) is 5.26 Å². The van der Waals surface area contributed by atoms with Crippen molar-refractivity contribution in [2.75, 3.05) is 6.61 Å². The summed E-state index contributed by atoms with van der Waals surface area (Å²) in [5.74, 6) is 0.399. The standard InChI is InChI=1S/C14H17ClFNO/c1-14(2,10-17)4-3-5-18-13-7-11(9-15)6-12(16)8-13/h6-8H,3-5,9H2,1-2H3. The van der Waals surface area contributed by atoms with Crippen molar-refractivity contribution >= 4 is 11.6 Å². The zero-order chi connectivity index (χ0) is 13.6. The van der Waals surface area contributed by atoms with Crippen LogP contribution in [-0.4, -0.2) is 6.61 Å². The van der Waals surface area contributed by atoms with Crippen molar-refractivity contribution < 1.29 is 9.13 Å². The predicted molar refractivity (Wildman–Crippen MR) is 70.1 cm³/mol. The molecule has 0 aliphatic heterocycles. The van der Waals surface area contributed by atoms with Crippen molar-refractivity contribution in [2.24, 2.45) is 5.41 Å². The molecule has 0 amide bonds. The highest BCUT2D eigenvalue weighted by atomic mass is 35.5. The Morgan fingerprint density at radius 1 is 1.39 bits per heavy atom. The van der Waals surface area contributed by atoms with Crippen LogP contribution in [0.25, 0.3) is 0 Å². The van der Waals surface area contributed by atoms with Crippen LogP contribution in [0, 0.1) is 22.6 Å². The average molecular weight is 270 g/mol. The van der Waals surface area contributed by atoms with E-state index < -0.39 is 0 Å². The van der Waals surface area contributed by atoms with Gasteiger partial charge >= 0.3 is 0 Å². The topological polar surface area (TPSA) is 33.0 Å². The first kappa shape index (κ1) is 14.8. The van der Waals surface area contributed by atoms with Crippen LogP contribution in [0.2, 0.25) is 0 Å². The molecule has 1 aromatic rings. The van der Waals surface area contributed by atoms with Crippen LogP contribution in [0.5, 0.6) is 5.75 Å². The molecule has 0 radical (unpaired) electrons. The summed E-state index contributed by atoms with van der Waals surface area (Å²) >= 11 is 5.65. The van der Waals surface area contributed by atoms with Gasteiger partial charge in [0.05, 0.1) is 18.1 Å². The van der Waals surface area contributed by atoms with Gasteiger partial charge in [-0.25, -0.2) is 4.39 Å². The summed E-state index contributed by atoms with van der Waals surface area (Å²) in [5, 5.41) is 8.86. The Balaban J connectivity index is 2.45. The van der Waals surface area contributed by atoms with Crippen molar-refractivity contribution in [3.63, 3.8) is 0 Å². The van der Waals surface area contributed by atoms with E-state index in [1.807, 2.05) is 13.8 Å². The molecule has 98 valence electrons. The SMILES string of the molecule is CC(C)(C#N)CCCOc1cc(F)cc(CCl)c1. The van der Waals surface area contributed by atoms with E-state index in [0.29, 0.717) is 17.9 Å². The molecular formula is C14H17ClFNO. The van der Waals surface area contributed by atoms with E-state index in [0.717, 1.165) is 12.8 Å². The number of alkyl halides is 1. The summed E-state index contributed by atoms with van der Waals surface area (Å²) in [6.07, 6.45) is 1.51. The molecule has 0 heterocycles. The molecule has 0 spiro atoms. The van der Waals surface area contributed by atoms with Gasteiger partial charge in [0.2, 0.25) is 0 Å². The summed E-state index contributed by atoms with van der Waals surface area (Å²) in [6, 6.07) is 6.69. The Morgan fingerprint density at radius 2 is 2.11 bits per heavy atom. The van der Waals surface area contributed by atoms with E-state index in [1.165, 1.54) is 12.1 Å². The van der Waals surface area contributed by atoms with Crippen LogP contribution >= 0.6 is 11.6 Å². The third-order valence-corrected chi connectivity index (χ3v) is 2.91. The summed E-state index contributed by atoms with van der Waals surface area (Å²) in [7, 11) is 0. The number of hydrogen-bond acceptors (Lipinski definition) is 2. The van der Waals surface area contributed by atoms with E-state index in [1.54, 1.807) is 6.07 Å². The van der Waals surface area contributed by atoms with Crippen LogP contribution in [0.1, 0.15) is 32.3 Å². The maximum absolute atomic E-state index is 13.2. The summed E-state index contributed by atoms with van der Waals surface area (Å²) in [4.78, 5) is 0. The lowest BCUT2D eigenvalue weighted by atomic mass is 9.90. The Morgan fingerprint density at radius 3 is 2.72 bits per heavy atom. The number of nitriles is 1. The van der Waals surface area contributed by atoms with Gasteiger partial charge in [-0.05, 0) is 44.4 Å². The number of hydrogen-bond donors (Lipinski definition) is 0. The van der Waals surface area contributed by atoms with Gasteiger partial charge in [-0.1, -0.05) is 0 Å². The minimum absolute atomic E-state index is 0.260. The van der Waals surface area contributed by atoms with Crippen molar-refractivity contribution in [3.8, 4) is 11.8 Å². The van der Waals surface area contributed by atoms with Crippen molar-refractivity contribution in [2.45, 2.75) is 32.6 Å².